The number of nitrogens with one attached hydrogen (secondary N) is 3. The van der Waals surface area contributed by atoms with Gasteiger partial charge in [0, 0.05) is 18.8 Å². The van der Waals surface area contributed by atoms with Crippen molar-refractivity contribution in [3.05, 3.63) is 45.1 Å². The number of benzene rings is 1. The summed E-state index contributed by atoms with van der Waals surface area (Å²) in [5.74, 6) is -1.58. The van der Waals surface area contributed by atoms with Gasteiger partial charge in [-0.3, -0.25) is 19.1 Å². The molecule has 1 fully saturated rings. The zero-order valence-electron chi connectivity index (χ0n) is 14.9. The first-order chi connectivity index (χ1) is 13.5. The van der Waals surface area contributed by atoms with Crippen LogP contribution in [0.4, 0.5) is 5.69 Å². The van der Waals surface area contributed by atoms with E-state index >= 15 is 0 Å². The van der Waals surface area contributed by atoms with Crippen molar-refractivity contribution in [2.45, 2.75) is 25.8 Å². The third-order valence-electron chi connectivity index (χ3n) is 4.64. The Morgan fingerprint density at radius 1 is 1.18 bits per heavy atom. The van der Waals surface area contributed by atoms with Crippen LogP contribution in [0.1, 0.15) is 29.9 Å². The number of fused-ring (bicyclic) bond motifs is 1. The smallest absolute Gasteiger partial charge is 0.408 e. The topological polar surface area (TPSA) is 146 Å². The minimum Gasteiger partial charge on any atom is -0.408 e. The van der Waals surface area contributed by atoms with Crippen LogP contribution >= 0.6 is 0 Å². The highest BCUT2D eigenvalue weighted by atomic mass is 16.4. The molecular weight excluding hydrogens is 368 g/mol. The molecule has 11 heteroatoms. The van der Waals surface area contributed by atoms with E-state index in [2.05, 4.69) is 20.5 Å². The van der Waals surface area contributed by atoms with E-state index in [1.165, 1.54) is 16.7 Å². The fraction of sp³-hybridized carbons (Fsp3) is 0.353. The number of carbonyl (C=O) groups is 2. The number of H-pyrrole nitrogens is 2. The number of hydrogen-bond donors (Lipinski definition) is 3. The number of anilines is 1. The molecule has 3 heterocycles. The summed E-state index contributed by atoms with van der Waals surface area (Å²) in [6, 6.07) is 4.61. The van der Waals surface area contributed by atoms with Gasteiger partial charge in [0.1, 0.15) is 6.54 Å². The molecular formula is C17H18N6O5. The maximum atomic E-state index is 12.5. The Morgan fingerprint density at radius 2 is 1.96 bits per heavy atom. The first-order valence-corrected chi connectivity index (χ1v) is 8.88. The lowest BCUT2D eigenvalue weighted by Crippen LogP contribution is -2.39. The molecule has 3 N–H and O–H groups in total. The van der Waals surface area contributed by atoms with Crippen molar-refractivity contribution < 1.29 is 14.0 Å². The summed E-state index contributed by atoms with van der Waals surface area (Å²) in [6.07, 6.45) is 3.01. The molecule has 11 nitrogen and oxygen atoms in total. The van der Waals surface area contributed by atoms with Gasteiger partial charge in [-0.15, -0.1) is 5.10 Å². The van der Waals surface area contributed by atoms with Crippen LogP contribution in [0.3, 0.4) is 0 Å². The van der Waals surface area contributed by atoms with Gasteiger partial charge in [0.05, 0.1) is 5.52 Å². The molecule has 0 spiro atoms. The van der Waals surface area contributed by atoms with E-state index in [1.54, 1.807) is 11.0 Å². The Bertz CT molecular complexity index is 1150. The van der Waals surface area contributed by atoms with Gasteiger partial charge in [-0.25, -0.2) is 14.7 Å². The highest BCUT2D eigenvalue weighted by Gasteiger charge is 2.20. The Balaban J connectivity index is 1.58. The number of nitrogens with zero attached hydrogens (tertiary/aromatic N) is 3. The third kappa shape index (κ3) is 3.46. The molecule has 0 aliphatic carbocycles. The van der Waals surface area contributed by atoms with E-state index in [4.69, 9.17) is 4.42 Å². The standard InChI is InChI=1S/C17H18N6O5/c24-13(22-6-2-1-3-7-22)9-23-11-8-10(4-5-12(11)28-17(23)27)18-15(25)14-19-16(26)21-20-14/h4-5,8H,1-3,6-7,9H2,(H,18,25)(H2,19,20,21,26). The lowest BCUT2D eigenvalue weighted by atomic mass is 10.1. The van der Waals surface area contributed by atoms with E-state index in [1.807, 2.05) is 0 Å². The van der Waals surface area contributed by atoms with Crippen LogP contribution in [-0.4, -0.2) is 49.6 Å². The van der Waals surface area contributed by atoms with Crippen LogP contribution in [0.25, 0.3) is 11.1 Å². The van der Waals surface area contributed by atoms with Crippen molar-refractivity contribution in [1.82, 2.24) is 24.6 Å². The average molecular weight is 386 g/mol. The number of likely N-dealkylation sites (tertiary alicyclic amines) is 1. The minimum absolute atomic E-state index is 0.129. The molecule has 28 heavy (non-hydrogen) atoms. The number of aromatic amines is 2. The van der Waals surface area contributed by atoms with E-state index in [0.717, 1.165) is 19.3 Å². The molecule has 146 valence electrons. The average Bonchev–Trinajstić information content (AvgIpc) is 3.26. The lowest BCUT2D eigenvalue weighted by molar-refractivity contribution is -0.132. The number of piperidine rings is 1. The molecule has 2 aromatic heterocycles. The summed E-state index contributed by atoms with van der Waals surface area (Å²) in [6.45, 7) is 1.25. The van der Waals surface area contributed by atoms with Crippen molar-refractivity contribution in [3.63, 3.8) is 0 Å². The van der Waals surface area contributed by atoms with Gasteiger partial charge >= 0.3 is 11.4 Å². The molecule has 0 unspecified atom stereocenters. The monoisotopic (exact) mass is 386 g/mol. The van der Waals surface area contributed by atoms with Crippen LogP contribution in [0.5, 0.6) is 0 Å². The van der Waals surface area contributed by atoms with Crippen LogP contribution in [0.2, 0.25) is 0 Å². The molecule has 1 saturated heterocycles. The number of hydrogen-bond acceptors (Lipinski definition) is 6. The first kappa shape index (κ1) is 17.8. The van der Waals surface area contributed by atoms with Crippen molar-refractivity contribution in [2.24, 2.45) is 0 Å². The molecule has 2 amide bonds. The summed E-state index contributed by atoms with van der Waals surface area (Å²) in [7, 11) is 0. The second-order valence-corrected chi connectivity index (χ2v) is 6.56. The predicted octanol–water partition coefficient (Wildman–Crippen LogP) is 0.271. The number of amides is 2. The highest BCUT2D eigenvalue weighted by molar-refractivity contribution is 6.02. The lowest BCUT2D eigenvalue weighted by Gasteiger charge is -2.26. The summed E-state index contributed by atoms with van der Waals surface area (Å²) >= 11 is 0. The minimum atomic E-state index is -0.638. The van der Waals surface area contributed by atoms with Gasteiger partial charge in [-0.1, -0.05) is 0 Å². The molecule has 4 rings (SSSR count). The Morgan fingerprint density at radius 3 is 2.68 bits per heavy atom. The molecule has 0 radical (unpaired) electrons. The Labute approximate surface area is 157 Å². The zero-order valence-corrected chi connectivity index (χ0v) is 14.9. The van der Waals surface area contributed by atoms with E-state index in [-0.39, 0.29) is 18.3 Å². The number of aromatic nitrogens is 4. The number of oxazole rings is 1. The molecule has 0 bridgehead atoms. The van der Waals surface area contributed by atoms with E-state index < -0.39 is 17.4 Å². The molecule has 0 saturated carbocycles. The molecule has 0 atom stereocenters. The van der Waals surface area contributed by atoms with Gasteiger partial charge in [-0.2, -0.15) is 0 Å². The van der Waals surface area contributed by atoms with Crippen LogP contribution < -0.4 is 16.8 Å². The van der Waals surface area contributed by atoms with Gasteiger partial charge in [0.2, 0.25) is 11.7 Å². The molecule has 1 aliphatic rings. The fourth-order valence-electron chi connectivity index (χ4n) is 3.24. The van der Waals surface area contributed by atoms with Crippen LogP contribution in [0.15, 0.2) is 32.2 Å². The molecule has 1 aromatic carbocycles. The van der Waals surface area contributed by atoms with Crippen molar-refractivity contribution >= 4 is 28.6 Å². The van der Waals surface area contributed by atoms with Crippen molar-refractivity contribution in [1.29, 1.82) is 0 Å². The van der Waals surface area contributed by atoms with Gasteiger partial charge < -0.3 is 14.6 Å². The normalized spacial score (nSPS) is 14.4. The Hall–Kier alpha value is -3.63. The number of rotatable bonds is 4. The second-order valence-electron chi connectivity index (χ2n) is 6.56. The van der Waals surface area contributed by atoms with E-state index in [0.29, 0.717) is 29.9 Å². The maximum Gasteiger partial charge on any atom is 0.420 e. The van der Waals surface area contributed by atoms with Crippen LogP contribution in [-0.2, 0) is 11.3 Å². The third-order valence-corrected chi connectivity index (χ3v) is 4.64. The van der Waals surface area contributed by atoms with Gasteiger partial charge in [0.15, 0.2) is 5.58 Å². The quantitative estimate of drug-likeness (QED) is 0.587. The van der Waals surface area contributed by atoms with Gasteiger partial charge in [0.25, 0.3) is 5.91 Å². The summed E-state index contributed by atoms with van der Waals surface area (Å²) in [4.78, 5) is 51.9. The summed E-state index contributed by atoms with van der Waals surface area (Å²) < 4.78 is 6.44. The largest absolute Gasteiger partial charge is 0.420 e. The summed E-state index contributed by atoms with van der Waals surface area (Å²) in [5, 5.41) is 8.24. The van der Waals surface area contributed by atoms with Crippen molar-refractivity contribution in [2.75, 3.05) is 18.4 Å². The van der Waals surface area contributed by atoms with Gasteiger partial charge in [-0.05, 0) is 37.5 Å². The molecule has 3 aromatic rings. The van der Waals surface area contributed by atoms with Crippen molar-refractivity contribution in [3.8, 4) is 0 Å². The zero-order chi connectivity index (χ0) is 19.7. The molecule has 1 aliphatic heterocycles. The first-order valence-electron chi connectivity index (χ1n) is 8.88. The Kier molecular flexibility index (Phi) is 4.55. The van der Waals surface area contributed by atoms with E-state index in [9.17, 15) is 19.2 Å². The highest BCUT2D eigenvalue weighted by Crippen LogP contribution is 2.19. The second kappa shape index (κ2) is 7.18. The van der Waals surface area contributed by atoms with Crippen LogP contribution in [0, 0.1) is 0 Å². The number of carbonyl (C=O) groups excluding carboxylic acids is 2. The summed E-state index contributed by atoms with van der Waals surface area (Å²) in [5.41, 5.74) is 0.466. The fourth-order valence-corrected chi connectivity index (χ4v) is 3.24. The maximum absolute atomic E-state index is 12.5. The SMILES string of the molecule is O=C(Nc1ccc2oc(=O)n(CC(=O)N3CCCCC3)c2c1)c1n[nH]c(=O)[nH]1. The predicted molar refractivity (Wildman–Crippen MR) is 98.1 cm³/mol.